The third kappa shape index (κ3) is 5.29. The molecule has 0 aliphatic carbocycles. The van der Waals surface area contributed by atoms with Crippen molar-refractivity contribution in [3.05, 3.63) is 0 Å². The van der Waals surface area contributed by atoms with E-state index in [-0.39, 0.29) is 0 Å². The van der Waals surface area contributed by atoms with Crippen molar-refractivity contribution < 1.29 is 0 Å². The van der Waals surface area contributed by atoms with Crippen LogP contribution >= 0.6 is 7.26 Å². The van der Waals surface area contributed by atoms with Crippen LogP contribution in [0, 0.1) is 0 Å². The molecule has 0 nitrogen and oxygen atoms in total. The maximum atomic E-state index is 2.69. The first kappa shape index (κ1) is 15.5. The summed E-state index contributed by atoms with van der Waals surface area (Å²) in [4.78, 5) is 0. The largest absolute Gasteiger partial charge is 0.0692 e. The zero-order chi connectivity index (χ0) is 12.6. The van der Waals surface area contributed by atoms with E-state index in [2.05, 4.69) is 20.5 Å². The minimum absolute atomic E-state index is 0.529. The Morgan fingerprint density at radius 1 is 0.882 bits per heavy atom. The Labute approximate surface area is 110 Å². The van der Waals surface area contributed by atoms with E-state index in [1.54, 1.807) is 18.7 Å². The van der Waals surface area contributed by atoms with Crippen LogP contribution in [0.2, 0.25) is 0 Å². The van der Waals surface area contributed by atoms with Gasteiger partial charge in [-0.1, -0.05) is 39.5 Å². The van der Waals surface area contributed by atoms with E-state index in [0.717, 1.165) is 5.66 Å². The Morgan fingerprint density at radius 2 is 1.53 bits per heavy atom. The Morgan fingerprint density at radius 3 is 2.12 bits per heavy atom. The maximum absolute atomic E-state index is 2.69. The molecule has 0 spiro atoms. The van der Waals surface area contributed by atoms with Gasteiger partial charge in [0.05, 0.1) is 18.0 Å². The molecular formula is C16H34P+. The second-order valence-electron chi connectivity index (χ2n) is 6.25. The van der Waals surface area contributed by atoms with Crippen LogP contribution in [-0.2, 0) is 0 Å². The van der Waals surface area contributed by atoms with Crippen molar-refractivity contribution in [3.63, 3.8) is 0 Å². The van der Waals surface area contributed by atoms with Crippen molar-refractivity contribution in [3.8, 4) is 0 Å². The van der Waals surface area contributed by atoms with Gasteiger partial charge >= 0.3 is 0 Å². The number of rotatable bonds is 8. The molecule has 0 aromatic carbocycles. The summed E-state index contributed by atoms with van der Waals surface area (Å²) in [5.41, 5.74) is 1.12. The molecule has 0 amide bonds. The molecule has 0 radical (unpaired) electrons. The van der Waals surface area contributed by atoms with Gasteiger partial charge < -0.3 is 0 Å². The second kappa shape index (κ2) is 8.52. The quantitative estimate of drug-likeness (QED) is 0.372. The Bertz CT molecular complexity index is 182. The van der Waals surface area contributed by atoms with Gasteiger partial charge in [-0.2, -0.15) is 0 Å². The summed E-state index contributed by atoms with van der Waals surface area (Å²) in [6.07, 6.45) is 18.1. The highest BCUT2D eigenvalue weighted by Crippen LogP contribution is 2.64. The third-order valence-electron chi connectivity index (χ3n) is 4.83. The zero-order valence-electron chi connectivity index (χ0n) is 12.5. The van der Waals surface area contributed by atoms with Crippen molar-refractivity contribution in [2.24, 2.45) is 0 Å². The summed E-state index contributed by atoms with van der Waals surface area (Å²) >= 11 is 0. The lowest BCUT2D eigenvalue weighted by Crippen LogP contribution is -2.21. The van der Waals surface area contributed by atoms with Gasteiger partial charge in [0.15, 0.2) is 0 Å². The monoisotopic (exact) mass is 257 g/mol. The average Bonchev–Trinajstić information content (AvgIpc) is 2.34. The fourth-order valence-electron chi connectivity index (χ4n) is 3.54. The van der Waals surface area contributed by atoms with E-state index >= 15 is 0 Å². The highest BCUT2D eigenvalue weighted by Gasteiger charge is 2.40. The predicted octanol–water partition coefficient (Wildman–Crippen LogP) is 5.96. The van der Waals surface area contributed by atoms with E-state index in [1.165, 1.54) is 57.8 Å². The Hall–Kier alpha value is 0.430. The average molecular weight is 257 g/mol. The zero-order valence-corrected chi connectivity index (χ0v) is 13.4. The molecule has 1 rings (SSSR count). The molecule has 0 saturated carbocycles. The van der Waals surface area contributed by atoms with Crippen LogP contribution in [-0.4, -0.2) is 24.6 Å². The Kier molecular flexibility index (Phi) is 7.76. The van der Waals surface area contributed by atoms with Gasteiger partial charge in [0.2, 0.25) is 0 Å². The lowest BCUT2D eigenvalue weighted by Gasteiger charge is -2.34. The smallest absolute Gasteiger partial charge is 0.0654 e. The summed E-state index contributed by atoms with van der Waals surface area (Å²) in [6.45, 7) is 7.44. The van der Waals surface area contributed by atoms with E-state index in [9.17, 15) is 0 Å². The van der Waals surface area contributed by atoms with Crippen LogP contribution in [0.3, 0.4) is 0 Å². The van der Waals surface area contributed by atoms with Gasteiger partial charge in [-0.25, -0.2) is 0 Å². The van der Waals surface area contributed by atoms with Gasteiger partial charge in [-0.15, -0.1) is 0 Å². The first-order valence-corrected chi connectivity index (χ1v) is 10.7. The lowest BCUT2D eigenvalue weighted by atomic mass is 10.1. The highest BCUT2D eigenvalue weighted by molar-refractivity contribution is 7.75. The molecule has 0 aromatic heterocycles. The van der Waals surface area contributed by atoms with E-state index < -0.39 is 7.26 Å². The van der Waals surface area contributed by atoms with Crippen molar-refractivity contribution in [1.29, 1.82) is 0 Å². The minimum atomic E-state index is -0.529. The molecule has 1 atom stereocenters. The summed E-state index contributed by atoms with van der Waals surface area (Å²) in [7, 11) is -0.529. The molecule has 1 heterocycles. The van der Waals surface area contributed by atoms with Gasteiger partial charge in [-0.3, -0.25) is 0 Å². The van der Waals surface area contributed by atoms with Crippen LogP contribution in [0.25, 0.3) is 0 Å². The lowest BCUT2D eigenvalue weighted by molar-refractivity contribution is 0.582. The molecule has 0 bridgehead atoms. The molecule has 1 aliphatic rings. The molecule has 102 valence electrons. The van der Waals surface area contributed by atoms with Gasteiger partial charge in [0.25, 0.3) is 0 Å². The number of hydrogen-bond donors (Lipinski definition) is 0. The molecule has 0 N–H and O–H groups in total. The van der Waals surface area contributed by atoms with E-state index in [1.807, 2.05) is 0 Å². The molecule has 1 heteroatoms. The van der Waals surface area contributed by atoms with Crippen LogP contribution < -0.4 is 0 Å². The first-order valence-electron chi connectivity index (χ1n) is 8.07. The van der Waals surface area contributed by atoms with Crippen molar-refractivity contribution >= 4 is 7.26 Å². The number of unbranched alkanes of at least 4 members (excludes halogenated alkanes) is 4. The molecule has 1 aliphatic heterocycles. The van der Waals surface area contributed by atoms with E-state index in [0.29, 0.717) is 0 Å². The van der Waals surface area contributed by atoms with Crippen molar-refractivity contribution in [1.82, 2.24) is 0 Å². The highest BCUT2D eigenvalue weighted by atomic mass is 31.2. The molecule has 1 saturated heterocycles. The standard InChI is InChI=1S/C16H34P/c1-4-6-7-8-10-13-16(5-2)17(3)14-11-9-12-15-17/h16H,4-15H2,1-3H3/q+1. The molecule has 17 heavy (non-hydrogen) atoms. The summed E-state index contributed by atoms with van der Waals surface area (Å²) in [6, 6.07) is 0. The molecular weight excluding hydrogens is 223 g/mol. The summed E-state index contributed by atoms with van der Waals surface area (Å²) in [5.74, 6) is 0. The predicted molar refractivity (Wildman–Crippen MR) is 83.9 cm³/mol. The van der Waals surface area contributed by atoms with Crippen LogP contribution in [0.15, 0.2) is 0 Å². The molecule has 0 aromatic rings. The normalized spacial score (nSPS) is 21.4. The van der Waals surface area contributed by atoms with Gasteiger partial charge in [0.1, 0.15) is 0 Å². The van der Waals surface area contributed by atoms with Gasteiger partial charge in [0, 0.05) is 13.9 Å². The van der Waals surface area contributed by atoms with Crippen LogP contribution in [0.1, 0.15) is 78.1 Å². The number of hydrogen-bond acceptors (Lipinski definition) is 0. The fraction of sp³-hybridized carbons (Fsp3) is 1.00. The van der Waals surface area contributed by atoms with Gasteiger partial charge in [-0.05, 0) is 38.5 Å². The van der Waals surface area contributed by atoms with Crippen LogP contribution in [0.4, 0.5) is 0 Å². The fourth-order valence-corrected chi connectivity index (χ4v) is 8.07. The van der Waals surface area contributed by atoms with Crippen molar-refractivity contribution in [2.45, 2.75) is 83.7 Å². The van der Waals surface area contributed by atoms with Crippen LogP contribution in [0.5, 0.6) is 0 Å². The topological polar surface area (TPSA) is 0 Å². The summed E-state index contributed by atoms with van der Waals surface area (Å²) in [5, 5.41) is 0. The summed E-state index contributed by atoms with van der Waals surface area (Å²) < 4.78 is 0. The third-order valence-corrected chi connectivity index (χ3v) is 9.89. The Balaban J connectivity index is 2.26. The maximum Gasteiger partial charge on any atom is 0.0692 e. The van der Waals surface area contributed by atoms with Crippen molar-refractivity contribution in [2.75, 3.05) is 19.0 Å². The second-order valence-corrected chi connectivity index (χ2v) is 10.8. The van der Waals surface area contributed by atoms with E-state index in [4.69, 9.17) is 0 Å². The SMILES string of the molecule is CCCCCCCC(CC)[P+]1(C)CCCCC1. The first-order chi connectivity index (χ1) is 8.23. The minimum Gasteiger partial charge on any atom is -0.0654 e. The molecule has 1 fully saturated rings. The molecule has 1 unspecified atom stereocenters.